The van der Waals surface area contributed by atoms with E-state index in [4.69, 9.17) is 11.6 Å². The highest BCUT2D eigenvalue weighted by Gasteiger charge is 2.21. The molecule has 3 rings (SSSR count). The minimum absolute atomic E-state index is 0.472. The third kappa shape index (κ3) is 2.55. The van der Waals surface area contributed by atoms with E-state index in [1.807, 2.05) is 6.07 Å². The molecule has 0 fully saturated rings. The van der Waals surface area contributed by atoms with Crippen molar-refractivity contribution in [3.8, 4) is 0 Å². The van der Waals surface area contributed by atoms with Crippen molar-refractivity contribution >= 4 is 33.2 Å². The molecule has 1 unspecified atom stereocenters. The number of hydrogen-bond donors (Lipinski definition) is 1. The third-order valence-electron chi connectivity index (χ3n) is 3.32. The monoisotopic (exact) mass is 321 g/mol. The van der Waals surface area contributed by atoms with E-state index in [1.165, 1.54) is 16.8 Å². The molecule has 1 atom stereocenters. The summed E-state index contributed by atoms with van der Waals surface area (Å²) in [6.45, 7) is 0. The van der Waals surface area contributed by atoms with Crippen LogP contribution in [0.4, 0.5) is 5.69 Å². The van der Waals surface area contributed by atoms with Crippen molar-refractivity contribution < 1.29 is 0 Å². The van der Waals surface area contributed by atoms with Crippen LogP contribution in [0.25, 0.3) is 0 Å². The van der Waals surface area contributed by atoms with Crippen LogP contribution < -0.4 is 5.32 Å². The summed E-state index contributed by atoms with van der Waals surface area (Å²) in [5.41, 5.74) is 3.95. The lowest BCUT2D eigenvalue weighted by Crippen LogP contribution is -2.19. The standard InChI is InChI=1S/C15H13BrClN/c16-12-2-5-14(6-3-12)18-15-8-10-1-4-13(17)7-11(10)9-15/h1-7,15,18H,8-9H2. The molecule has 0 heterocycles. The van der Waals surface area contributed by atoms with Crippen LogP contribution in [0.15, 0.2) is 46.9 Å². The summed E-state index contributed by atoms with van der Waals surface area (Å²) in [5.74, 6) is 0. The van der Waals surface area contributed by atoms with Gasteiger partial charge in [0.1, 0.15) is 0 Å². The quantitative estimate of drug-likeness (QED) is 0.846. The number of nitrogens with one attached hydrogen (secondary N) is 1. The van der Waals surface area contributed by atoms with Gasteiger partial charge in [-0.25, -0.2) is 0 Å². The summed E-state index contributed by atoms with van der Waals surface area (Å²) in [6, 6.07) is 15.0. The van der Waals surface area contributed by atoms with E-state index in [0.29, 0.717) is 6.04 Å². The van der Waals surface area contributed by atoms with Crippen LogP contribution in [0.3, 0.4) is 0 Å². The average molecular weight is 323 g/mol. The Morgan fingerprint density at radius 2 is 1.72 bits per heavy atom. The number of hydrogen-bond acceptors (Lipinski definition) is 1. The van der Waals surface area contributed by atoms with E-state index in [-0.39, 0.29) is 0 Å². The Bertz CT molecular complexity index is 565. The number of halogens is 2. The highest BCUT2D eigenvalue weighted by Crippen LogP contribution is 2.27. The van der Waals surface area contributed by atoms with Gasteiger partial charge < -0.3 is 5.32 Å². The summed E-state index contributed by atoms with van der Waals surface area (Å²) >= 11 is 9.47. The topological polar surface area (TPSA) is 12.0 Å². The zero-order chi connectivity index (χ0) is 12.5. The smallest absolute Gasteiger partial charge is 0.0408 e. The van der Waals surface area contributed by atoms with Gasteiger partial charge >= 0.3 is 0 Å². The summed E-state index contributed by atoms with van der Waals surface area (Å²) in [4.78, 5) is 0. The van der Waals surface area contributed by atoms with Crippen LogP contribution in [0.2, 0.25) is 5.02 Å². The van der Waals surface area contributed by atoms with Crippen LogP contribution >= 0.6 is 27.5 Å². The lowest BCUT2D eigenvalue weighted by Gasteiger charge is -2.13. The van der Waals surface area contributed by atoms with Crippen molar-refractivity contribution in [3.63, 3.8) is 0 Å². The molecular weight excluding hydrogens is 310 g/mol. The molecule has 0 bridgehead atoms. The van der Waals surface area contributed by atoms with Gasteiger partial charge in [0, 0.05) is 21.2 Å². The molecule has 92 valence electrons. The Labute approximate surface area is 120 Å². The molecule has 18 heavy (non-hydrogen) atoms. The maximum absolute atomic E-state index is 6.02. The van der Waals surface area contributed by atoms with Crippen molar-refractivity contribution in [1.82, 2.24) is 0 Å². The van der Waals surface area contributed by atoms with Crippen LogP contribution in [0, 0.1) is 0 Å². The summed E-state index contributed by atoms with van der Waals surface area (Å²) < 4.78 is 1.11. The van der Waals surface area contributed by atoms with Gasteiger partial charge in [-0.2, -0.15) is 0 Å². The van der Waals surface area contributed by atoms with Gasteiger partial charge in [0.25, 0.3) is 0 Å². The molecule has 0 saturated carbocycles. The van der Waals surface area contributed by atoms with Crippen molar-refractivity contribution in [2.24, 2.45) is 0 Å². The minimum atomic E-state index is 0.472. The largest absolute Gasteiger partial charge is 0.382 e. The summed E-state index contributed by atoms with van der Waals surface area (Å²) in [5, 5.41) is 4.40. The Morgan fingerprint density at radius 1 is 1.00 bits per heavy atom. The highest BCUT2D eigenvalue weighted by molar-refractivity contribution is 9.10. The average Bonchev–Trinajstić information content (AvgIpc) is 2.73. The minimum Gasteiger partial charge on any atom is -0.382 e. The molecule has 0 aliphatic heterocycles. The zero-order valence-corrected chi connectivity index (χ0v) is 12.1. The van der Waals surface area contributed by atoms with E-state index in [0.717, 1.165) is 22.3 Å². The van der Waals surface area contributed by atoms with Crippen LogP contribution in [0.5, 0.6) is 0 Å². The van der Waals surface area contributed by atoms with Crippen molar-refractivity contribution in [2.75, 3.05) is 5.32 Å². The van der Waals surface area contributed by atoms with Crippen LogP contribution in [-0.2, 0) is 12.8 Å². The fraction of sp³-hybridized carbons (Fsp3) is 0.200. The number of anilines is 1. The molecule has 3 heteroatoms. The summed E-state index contributed by atoms with van der Waals surface area (Å²) in [7, 11) is 0. The van der Waals surface area contributed by atoms with Gasteiger partial charge in [0.05, 0.1) is 0 Å². The number of fused-ring (bicyclic) bond motifs is 1. The maximum atomic E-state index is 6.02. The van der Waals surface area contributed by atoms with E-state index < -0.39 is 0 Å². The Balaban J connectivity index is 1.72. The van der Waals surface area contributed by atoms with Gasteiger partial charge in [-0.15, -0.1) is 0 Å². The molecule has 1 aliphatic carbocycles. The van der Waals surface area contributed by atoms with E-state index in [1.54, 1.807) is 0 Å². The van der Waals surface area contributed by atoms with Gasteiger partial charge in [-0.3, -0.25) is 0 Å². The van der Waals surface area contributed by atoms with Crippen molar-refractivity contribution in [2.45, 2.75) is 18.9 Å². The van der Waals surface area contributed by atoms with Gasteiger partial charge in [-0.05, 0) is 60.4 Å². The fourth-order valence-electron chi connectivity index (χ4n) is 2.47. The molecule has 1 nitrogen and oxygen atoms in total. The lowest BCUT2D eigenvalue weighted by molar-refractivity contribution is 0.774. The normalized spacial score (nSPS) is 17.6. The highest BCUT2D eigenvalue weighted by atomic mass is 79.9. The van der Waals surface area contributed by atoms with E-state index in [2.05, 4.69) is 57.6 Å². The molecule has 2 aromatic rings. The second-order valence-electron chi connectivity index (χ2n) is 4.67. The Morgan fingerprint density at radius 3 is 2.50 bits per heavy atom. The van der Waals surface area contributed by atoms with E-state index >= 15 is 0 Å². The van der Waals surface area contributed by atoms with Crippen molar-refractivity contribution in [1.29, 1.82) is 0 Å². The molecule has 0 spiro atoms. The predicted octanol–water partition coefficient (Wildman–Crippen LogP) is 4.68. The Hall–Kier alpha value is -0.990. The first-order chi connectivity index (χ1) is 8.70. The fourth-order valence-corrected chi connectivity index (χ4v) is 2.93. The summed E-state index contributed by atoms with van der Waals surface area (Å²) in [6.07, 6.45) is 2.12. The molecule has 2 aromatic carbocycles. The first kappa shape index (κ1) is 12.1. The van der Waals surface area contributed by atoms with Gasteiger partial charge in [-0.1, -0.05) is 33.6 Å². The number of benzene rings is 2. The second-order valence-corrected chi connectivity index (χ2v) is 6.02. The van der Waals surface area contributed by atoms with Gasteiger partial charge in [0.15, 0.2) is 0 Å². The first-order valence-corrected chi connectivity index (χ1v) is 7.17. The molecule has 1 aliphatic rings. The lowest BCUT2D eigenvalue weighted by atomic mass is 10.1. The second kappa shape index (κ2) is 4.94. The SMILES string of the molecule is Clc1ccc2c(c1)CC(Nc1ccc(Br)cc1)C2. The van der Waals surface area contributed by atoms with Gasteiger partial charge in [0.2, 0.25) is 0 Å². The molecule has 0 radical (unpaired) electrons. The molecule has 0 saturated heterocycles. The Kier molecular flexibility index (Phi) is 3.31. The molecule has 0 aromatic heterocycles. The third-order valence-corrected chi connectivity index (χ3v) is 4.08. The van der Waals surface area contributed by atoms with Crippen molar-refractivity contribution in [3.05, 3.63) is 63.1 Å². The molecular formula is C15H13BrClN. The first-order valence-electron chi connectivity index (χ1n) is 6.00. The predicted molar refractivity (Wildman–Crippen MR) is 80.4 cm³/mol. The van der Waals surface area contributed by atoms with Crippen LogP contribution in [-0.4, -0.2) is 6.04 Å². The zero-order valence-electron chi connectivity index (χ0n) is 9.79. The molecule has 0 amide bonds. The van der Waals surface area contributed by atoms with E-state index in [9.17, 15) is 0 Å². The molecule has 1 N–H and O–H groups in total. The van der Waals surface area contributed by atoms with Crippen LogP contribution in [0.1, 0.15) is 11.1 Å². The maximum Gasteiger partial charge on any atom is 0.0408 e. The number of rotatable bonds is 2.